The summed E-state index contributed by atoms with van der Waals surface area (Å²) in [6.07, 6.45) is 0. The lowest BCUT2D eigenvalue weighted by molar-refractivity contribution is -0.118. The zero-order valence-corrected chi connectivity index (χ0v) is 10.7. The Labute approximate surface area is 95.5 Å². The summed E-state index contributed by atoms with van der Waals surface area (Å²) >= 11 is 4.73. The van der Waals surface area contributed by atoms with Gasteiger partial charge in [0, 0.05) is 0 Å². The van der Waals surface area contributed by atoms with E-state index in [0.29, 0.717) is 4.88 Å². The second-order valence-electron chi connectivity index (χ2n) is 3.26. The first-order chi connectivity index (χ1) is 6.43. The van der Waals surface area contributed by atoms with Crippen molar-refractivity contribution in [1.29, 1.82) is 0 Å². The van der Waals surface area contributed by atoms with E-state index in [9.17, 15) is 9.59 Å². The van der Waals surface area contributed by atoms with Crippen LogP contribution < -0.4 is 0 Å². The maximum absolute atomic E-state index is 11.7. The molecule has 1 rings (SSSR count). The van der Waals surface area contributed by atoms with Crippen molar-refractivity contribution in [2.24, 2.45) is 5.92 Å². The molecule has 0 amide bonds. The van der Waals surface area contributed by atoms with Crippen LogP contribution in [0.15, 0.2) is 9.85 Å². The van der Waals surface area contributed by atoms with E-state index in [4.69, 9.17) is 0 Å². The molecule has 14 heavy (non-hydrogen) atoms. The van der Waals surface area contributed by atoms with Crippen molar-refractivity contribution in [2.75, 3.05) is 0 Å². The molecule has 0 bridgehead atoms. The number of hydrogen-bond acceptors (Lipinski definition) is 3. The molecule has 1 aromatic heterocycles. The molecule has 0 saturated heterocycles. The summed E-state index contributed by atoms with van der Waals surface area (Å²) in [5, 5.41) is 0. The third-order valence-corrected chi connectivity index (χ3v) is 4.25. The van der Waals surface area contributed by atoms with E-state index in [0.717, 1.165) is 9.35 Å². The molecule has 1 aromatic rings. The molecule has 0 radical (unpaired) electrons. The van der Waals surface area contributed by atoms with Crippen molar-refractivity contribution in [3.8, 4) is 0 Å². The lowest BCUT2D eigenvalue weighted by Gasteiger charge is -2.02. The van der Waals surface area contributed by atoms with E-state index < -0.39 is 5.92 Å². The molecule has 2 nitrogen and oxygen atoms in total. The third kappa shape index (κ3) is 2.30. The molecule has 0 unspecified atom stereocenters. The van der Waals surface area contributed by atoms with Crippen LogP contribution in [0.4, 0.5) is 0 Å². The fourth-order valence-electron chi connectivity index (χ4n) is 0.979. The van der Waals surface area contributed by atoms with E-state index in [1.165, 1.54) is 18.3 Å². The van der Waals surface area contributed by atoms with Crippen LogP contribution in [0.2, 0.25) is 0 Å². The summed E-state index contributed by atoms with van der Waals surface area (Å²) < 4.78 is 0.955. The molecule has 0 N–H and O–H groups in total. The molecular formula is C10H11BrO2S. The van der Waals surface area contributed by atoms with Crippen molar-refractivity contribution < 1.29 is 9.59 Å². The highest BCUT2D eigenvalue weighted by Gasteiger charge is 2.21. The molecule has 4 heteroatoms. The molecule has 1 atom stereocenters. The van der Waals surface area contributed by atoms with Crippen LogP contribution >= 0.6 is 27.3 Å². The van der Waals surface area contributed by atoms with Crippen LogP contribution in [0.3, 0.4) is 0 Å². The number of Topliss-reactive ketones (excluding diaryl/α,β-unsaturated/α-hetero) is 2. The van der Waals surface area contributed by atoms with Gasteiger partial charge in [0.25, 0.3) is 0 Å². The van der Waals surface area contributed by atoms with Gasteiger partial charge < -0.3 is 0 Å². The van der Waals surface area contributed by atoms with Gasteiger partial charge in [0.05, 0.1) is 14.6 Å². The average Bonchev–Trinajstić information content (AvgIpc) is 2.44. The largest absolute Gasteiger partial charge is 0.299 e. The molecule has 0 aliphatic carbocycles. The van der Waals surface area contributed by atoms with Crippen LogP contribution in [-0.4, -0.2) is 11.6 Å². The lowest BCUT2D eigenvalue weighted by atomic mass is 10.0. The van der Waals surface area contributed by atoms with Gasteiger partial charge in [-0.3, -0.25) is 9.59 Å². The number of aryl methyl sites for hydroxylation is 1. The predicted octanol–water partition coefficient (Wildman–Crippen LogP) is 3.23. The van der Waals surface area contributed by atoms with Crippen LogP contribution in [0.5, 0.6) is 0 Å². The highest BCUT2D eigenvalue weighted by molar-refractivity contribution is 9.11. The summed E-state index contributed by atoms with van der Waals surface area (Å²) in [4.78, 5) is 23.4. The molecule has 76 valence electrons. The Bertz CT molecular complexity index is 362. The smallest absolute Gasteiger partial charge is 0.182 e. The third-order valence-electron chi connectivity index (χ3n) is 2.10. The Morgan fingerprint density at radius 1 is 1.50 bits per heavy atom. The predicted molar refractivity (Wildman–Crippen MR) is 60.9 cm³/mol. The normalized spacial score (nSPS) is 12.6. The van der Waals surface area contributed by atoms with Gasteiger partial charge in [0.2, 0.25) is 0 Å². The van der Waals surface area contributed by atoms with Crippen molar-refractivity contribution >= 4 is 38.8 Å². The minimum atomic E-state index is -0.528. The fourth-order valence-corrected chi connectivity index (χ4v) is 2.54. The second kappa shape index (κ2) is 4.36. The molecule has 0 aliphatic heterocycles. The van der Waals surface area contributed by atoms with E-state index in [1.807, 2.05) is 13.0 Å². The molecule has 0 saturated carbocycles. The van der Waals surface area contributed by atoms with Gasteiger partial charge in [0.1, 0.15) is 5.78 Å². The van der Waals surface area contributed by atoms with Gasteiger partial charge in [-0.1, -0.05) is 0 Å². The molecular weight excluding hydrogens is 264 g/mol. The standard InChI is InChI=1S/C10H11BrO2S/c1-5-4-8(14-10(5)11)9(13)6(2)7(3)12/h4,6H,1-3H3/t6-/m1/s1. The number of carbonyl (C=O) groups is 2. The van der Waals surface area contributed by atoms with Crippen molar-refractivity contribution in [2.45, 2.75) is 20.8 Å². The minimum absolute atomic E-state index is 0.0859. The first-order valence-electron chi connectivity index (χ1n) is 4.24. The highest BCUT2D eigenvalue weighted by atomic mass is 79.9. The van der Waals surface area contributed by atoms with Gasteiger partial charge in [-0.05, 0) is 48.3 Å². The lowest BCUT2D eigenvalue weighted by Crippen LogP contribution is -2.17. The van der Waals surface area contributed by atoms with Crippen molar-refractivity contribution in [1.82, 2.24) is 0 Å². The monoisotopic (exact) mass is 274 g/mol. The zero-order chi connectivity index (χ0) is 10.9. The van der Waals surface area contributed by atoms with E-state index in [2.05, 4.69) is 15.9 Å². The first-order valence-corrected chi connectivity index (χ1v) is 5.85. The van der Waals surface area contributed by atoms with E-state index in [1.54, 1.807) is 6.92 Å². The number of ketones is 2. The van der Waals surface area contributed by atoms with Crippen LogP contribution in [0.1, 0.15) is 29.1 Å². The number of thiophene rings is 1. The first kappa shape index (κ1) is 11.6. The second-order valence-corrected chi connectivity index (χ2v) is 5.63. The molecule has 0 spiro atoms. The Kier molecular flexibility index (Phi) is 3.61. The quantitative estimate of drug-likeness (QED) is 0.627. The number of rotatable bonds is 3. The Balaban J connectivity index is 2.95. The van der Waals surface area contributed by atoms with Crippen molar-refractivity contribution in [3.63, 3.8) is 0 Å². The van der Waals surface area contributed by atoms with Gasteiger partial charge >= 0.3 is 0 Å². The van der Waals surface area contributed by atoms with Crippen LogP contribution in [-0.2, 0) is 4.79 Å². The van der Waals surface area contributed by atoms with Gasteiger partial charge in [-0.2, -0.15) is 0 Å². The highest BCUT2D eigenvalue weighted by Crippen LogP contribution is 2.29. The SMILES string of the molecule is CC(=O)[C@@H](C)C(=O)c1cc(C)c(Br)s1. The van der Waals surface area contributed by atoms with Crippen LogP contribution in [0.25, 0.3) is 0 Å². The fraction of sp³-hybridized carbons (Fsp3) is 0.400. The Morgan fingerprint density at radius 3 is 2.43 bits per heavy atom. The molecule has 0 aromatic carbocycles. The number of halogens is 1. The molecule has 1 heterocycles. The Hall–Kier alpha value is -0.480. The molecule has 0 fully saturated rings. The topological polar surface area (TPSA) is 34.1 Å². The van der Waals surface area contributed by atoms with Crippen molar-refractivity contribution in [3.05, 3.63) is 20.3 Å². The average molecular weight is 275 g/mol. The van der Waals surface area contributed by atoms with E-state index in [-0.39, 0.29) is 11.6 Å². The Morgan fingerprint density at radius 2 is 2.07 bits per heavy atom. The van der Waals surface area contributed by atoms with E-state index >= 15 is 0 Å². The number of hydrogen-bond donors (Lipinski definition) is 0. The summed E-state index contributed by atoms with van der Waals surface area (Å²) in [5.41, 5.74) is 1.04. The zero-order valence-electron chi connectivity index (χ0n) is 8.26. The van der Waals surface area contributed by atoms with Crippen LogP contribution in [0, 0.1) is 12.8 Å². The van der Waals surface area contributed by atoms with Gasteiger partial charge in [-0.15, -0.1) is 11.3 Å². The molecule has 0 aliphatic rings. The maximum atomic E-state index is 11.7. The summed E-state index contributed by atoms with van der Waals surface area (Å²) in [5.74, 6) is -0.701. The van der Waals surface area contributed by atoms with Gasteiger partial charge in [-0.25, -0.2) is 0 Å². The minimum Gasteiger partial charge on any atom is -0.299 e. The summed E-state index contributed by atoms with van der Waals surface area (Å²) in [6, 6.07) is 1.82. The number of carbonyl (C=O) groups excluding carboxylic acids is 2. The summed E-state index contributed by atoms with van der Waals surface area (Å²) in [6.45, 7) is 5.02. The maximum Gasteiger partial charge on any atom is 0.182 e. The summed E-state index contributed by atoms with van der Waals surface area (Å²) in [7, 11) is 0. The van der Waals surface area contributed by atoms with Gasteiger partial charge in [0.15, 0.2) is 5.78 Å².